The number of nitrogens with one attached hydrogen (secondary N) is 1. The van der Waals surface area contributed by atoms with Crippen molar-refractivity contribution >= 4 is 11.9 Å². The van der Waals surface area contributed by atoms with E-state index in [1.165, 1.54) is 7.11 Å². The molecule has 0 saturated heterocycles. The maximum absolute atomic E-state index is 10.6. The lowest BCUT2D eigenvalue weighted by Gasteiger charge is -2.00. The Labute approximate surface area is 71.6 Å². The summed E-state index contributed by atoms with van der Waals surface area (Å²) in [5, 5.41) is 2.48. The molecule has 1 radical (unpaired) electrons. The van der Waals surface area contributed by atoms with E-state index in [0.717, 1.165) is 6.08 Å². The van der Waals surface area contributed by atoms with Crippen LogP contribution in [-0.4, -0.2) is 25.5 Å². The maximum atomic E-state index is 10.6. The third kappa shape index (κ3) is 5.46. The van der Waals surface area contributed by atoms with Crippen LogP contribution in [0.2, 0.25) is 0 Å². The van der Waals surface area contributed by atoms with Crippen LogP contribution in [0, 0.1) is 6.58 Å². The molecule has 1 N–H and O–H groups in total. The van der Waals surface area contributed by atoms with Gasteiger partial charge in [-0.2, -0.15) is 0 Å². The van der Waals surface area contributed by atoms with Gasteiger partial charge in [0.15, 0.2) is 0 Å². The normalized spacial score (nSPS) is 8.75. The zero-order valence-electron chi connectivity index (χ0n) is 7.00. The molecule has 0 bridgehead atoms. The van der Waals surface area contributed by atoms with Crippen molar-refractivity contribution in [3.05, 3.63) is 12.7 Å². The number of methoxy groups -OCH3 is 1. The zero-order chi connectivity index (χ0) is 9.40. The van der Waals surface area contributed by atoms with Crippen LogP contribution >= 0.6 is 0 Å². The summed E-state index contributed by atoms with van der Waals surface area (Å²) in [5.41, 5.74) is 0. The van der Waals surface area contributed by atoms with Crippen LogP contribution in [0.4, 0.5) is 0 Å². The van der Waals surface area contributed by atoms with Gasteiger partial charge in [-0.15, -0.1) is 0 Å². The summed E-state index contributed by atoms with van der Waals surface area (Å²) in [6.07, 6.45) is 1.81. The summed E-state index contributed by atoms with van der Waals surface area (Å²) >= 11 is 0. The zero-order valence-corrected chi connectivity index (χ0v) is 7.00. The van der Waals surface area contributed by atoms with Crippen LogP contribution < -0.4 is 5.32 Å². The fourth-order valence-electron chi connectivity index (χ4n) is 0.605. The number of amides is 1. The second-order valence-electron chi connectivity index (χ2n) is 2.14. The lowest BCUT2D eigenvalue weighted by Crippen LogP contribution is -2.22. The average Bonchev–Trinajstić information content (AvgIpc) is 2.11. The number of hydrogen-bond acceptors (Lipinski definition) is 3. The van der Waals surface area contributed by atoms with Crippen molar-refractivity contribution in [3.8, 4) is 0 Å². The molecular weight excluding hydrogens is 158 g/mol. The van der Waals surface area contributed by atoms with Crippen molar-refractivity contribution < 1.29 is 14.3 Å². The molecule has 0 heterocycles. The van der Waals surface area contributed by atoms with Gasteiger partial charge < -0.3 is 10.1 Å². The molecule has 12 heavy (non-hydrogen) atoms. The highest BCUT2D eigenvalue weighted by Gasteiger charge is 1.99. The Balaban J connectivity index is 3.27. The van der Waals surface area contributed by atoms with Gasteiger partial charge in [0.1, 0.15) is 0 Å². The third-order valence-corrected chi connectivity index (χ3v) is 1.24. The molecular formula is C8H12NO3. The molecule has 0 aliphatic heterocycles. The van der Waals surface area contributed by atoms with Crippen molar-refractivity contribution in [1.29, 1.82) is 0 Å². The molecule has 4 heteroatoms. The maximum Gasteiger partial charge on any atom is 0.305 e. The van der Waals surface area contributed by atoms with Gasteiger partial charge in [-0.3, -0.25) is 9.59 Å². The molecule has 1 amide bonds. The highest BCUT2D eigenvalue weighted by atomic mass is 16.5. The van der Waals surface area contributed by atoms with E-state index in [1.54, 1.807) is 0 Å². The number of carbonyl (C=O) groups excluding carboxylic acids is 2. The van der Waals surface area contributed by atoms with E-state index in [0.29, 0.717) is 19.4 Å². The first kappa shape index (κ1) is 10.7. The summed E-state index contributed by atoms with van der Waals surface area (Å²) in [4.78, 5) is 21.1. The molecule has 67 valence electrons. The fraction of sp³-hybridized carbons (Fsp3) is 0.500. The molecule has 0 atom stereocenters. The molecule has 0 rings (SSSR count). The standard InChI is InChI=1S/C8H12NO3/c1-3-7(10)9-6-4-5-8(11)12-2/h1,3H,4-6H2,2H3,(H,9,10). The summed E-state index contributed by atoms with van der Waals surface area (Å²) in [6, 6.07) is 0. The van der Waals surface area contributed by atoms with Crippen molar-refractivity contribution in [1.82, 2.24) is 5.32 Å². The molecule has 0 aromatic rings. The molecule has 0 aliphatic rings. The van der Waals surface area contributed by atoms with Gasteiger partial charge in [0.25, 0.3) is 0 Å². The summed E-state index contributed by atoms with van der Waals surface area (Å²) in [7, 11) is 1.33. The van der Waals surface area contributed by atoms with Gasteiger partial charge in [0, 0.05) is 19.0 Å². The van der Waals surface area contributed by atoms with Crippen molar-refractivity contribution in [2.75, 3.05) is 13.7 Å². The van der Waals surface area contributed by atoms with E-state index < -0.39 is 0 Å². The summed E-state index contributed by atoms with van der Waals surface area (Å²) in [6.45, 7) is 5.34. The van der Waals surface area contributed by atoms with Crippen molar-refractivity contribution in [3.63, 3.8) is 0 Å². The van der Waals surface area contributed by atoms with Gasteiger partial charge in [-0.05, 0) is 6.42 Å². The molecule has 0 aromatic carbocycles. The van der Waals surface area contributed by atoms with Crippen LogP contribution in [0.3, 0.4) is 0 Å². The van der Waals surface area contributed by atoms with Crippen LogP contribution in [0.1, 0.15) is 12.8 Å². The molecule has 0 aliphatic carbocycles. The largest absolute Gasteiger partial charge is 0.469 e. The van der Waals surface area contributed by atoms with E-state index in [4.69, 9.17) is 6.58 Å². The average molecular weight is 170 g/mol. The minimum absolute atomic E-state index is 0.277. The lowest BCUT2D eigenvalue weighted by atomic mass is 10.3. The number of esters is 1. The number of carbonyl (C=O) groups is 2. The number of hydrogen-bond donors (Lipinski definition) is 1. The van der Waals surface area contributed by atoms with Crippen molar-refractivity contribution in [2.24, 2.45) is 0 Å². The SMILES string of the molecule is [CH]=CC(=O)NCCCC(=O)OC. The van der Waals surface area contributed by atoms with E-state index in [2.05, 4.69) is 10.1 Å². The second kappa shape index (κ2) is 6.39. The summed E-state index contributed by atoms with van der Waals surface area (Å²) in [5.74, 6) is -0.610. The van der Waals surface area contributed by atoms with Gasteiger partial charge >= 0.3 is 5.97 Å². The molecule has 0 fully saturated rings. The molecule has 0 unspecified atom stereocenters. The van der Waals surface area contributed by atoms with Gasteiger partial charge in [0.05, 0.1) is 7.11 Å². The minimum atomic E-state index is -0.333. The molecule has 0 aromatic heterocycles. The van der Waals surface area contributed by atoms with Crippen LogP contribution in [0.5, 0.6) is 0 Å². The lowest BCUT2D eigenvalue weighted by molar-refractivity contribution is -0.140. The Morgan fingerprint density at radius 2 is 2.25 bits per heavy atom. The topological polar surface area (TPSA) is 55.4 Å². The van der Waals surface area contributed by atoms with Crippen LogP contribution in [0.15, 0.2) is 6.08 Å². The Morgan fingerprint density at radius 1 is 1.58 bits per heavy atom. The first-order valence-corrected chi connectivity index (χ1v) is 3.60. The second-order valence-corrected chi connectivity index (χ2v) is 2.14. The van der Waals surface area contributed by atoms with E-state index in [-0.39, 0.29) is 11.9 Å². The third-order valence-electron chi connectivity index (χ3n) is 1.24. The molecule has 4 nitrogen and oxygen atoms in total. The first-order chi connectivity index (χ1) is 5.70. The Bertz CT molecular complexity index is 177. The smallest absolute Gasteiger partial charge is 0.305 e. The summed E-state index contributed by atoms with van der Waals surface area (Å²) < 4.78 is 4.40. The van der Waals surface area contributed by atoms with E-state index in [9.17, 15) is 9.59 Å². The monoisotopic (exact) mass is 170 g/mol. The Kier molecular flexibility index (Phi) is 5.69. The first-order valence-electron chi connectivity index (χ1n) is 3.60. The van der Waals surface area contributed by atoms with Crippen LogP contribution in [-0.2, 0) is 14.3 Å². The van der Waals surface area contributed by atoms with Gasteiger partial charge in [0.2, 0.25) is 5.91 Å². The molecule has 0 spiro atoms. The minimum Gasteiger partial charge on any atom is -0.469 e. The van der Waals surface area contributed by atoms with Crippen molar-refractivity contribution in [2.45, 2.75) is 12.8 Å². The highest BCUT2D eigenvalue weighted by molar-refractivity contribution is 5.86. The number of rotatable bonds is 5. The fourth-order valence-corrected chi connectivity index (χ4v) is 0.605. The van der Waals surface area contributed by atoms with Crippen LogP contribution in [0.25, 0.3) is 0 Å². The quantitative estimate of drug-likeness (QED) is 0.360. The predicted molar refractivity (Wildman–Crippen MR) is 43.1 cm³/mol. The number of ether oxygens (including phenoxy) is 1. The molecule has 0 saturated carbocycles. The van der Waals surface area contributed by atoms with E-state index >= 15 is 0 Å². The Hall–Kier alpha value is -1.32. The predicted octanol–water partition coefficient (Wildman–Crippen LogP) is 0.0450. The van der Waals surface area contributed by atoms with Gasteiger partial charge in [-0.25, -0.2) is 0 Å². The van der Waals surface area contributed by atoms with E-state index in [1.807, 2.05) is 0 Å². The Morgan fingerprint density at radius 3 is 2.75 bits per heavy atom. The highest BCUT2D eigenvalue weighted by Crippen LogP contribution is 1.89. The van der Waals surface area contributed by atoms with Gasteiger partial charge in [-0.1, -0.05) is 6.58 Å².